The summed E-state index contributed by atoms with van der Waals surface area (Å²) in [6, 6.07) is 7.81. The Labute approximate surface area is 98.1 Å². The van der Waals surface area contributed by atoms with Crippen molar-refractivity contribution in [2.75, 3.05) is 5.32 Å². The van der Waals surface area contributed by atoms with Gasteiger partial charge in [-0.1, -0.05) is 6.07 Å². The van der Waals surface area contributed by atoms with Crippen molar-refractivity contribution in [3.05, 3.63) is 47.7 Å². The van der Waals surface area contributed by atoms with Gasteiger partial charge in [-0.05, 0) is 31.2 Å². The van der Waals surface area contributed by atoms with Crippen LogP contribution in [0.5, 0.6) is 0 Å². The number of nitrogens with one attached hydrogen (secondary N) is 1. The summed E-state index contributed by atoms with van der Waals surface area (Å²) in [6.45, 7) is 1.90. The molecule has 0 fully saturated rings. The summed E-state index contributed by atoms with van der Waals surface area (Å²) >= 11 is 0. The Morgan fingerprint density at radius 3 is 2.71 bits per heavy atom. The highest BCUT2D eigenvalue weighted by Gasteiger charge is 2.11. The third kappa shape index (κ3) is 2.33. The Balaban J connectivity index is 2.20. The molecule has 5 heteroatoms. The van der Waals surface area contributed by atoms with Crippen molar-refractivity contribution >= 4 is 11.7 Å². The van der Waals surface area contributed by atoms with Gasteiger partial charge < -0.3 is 9.88 Å². The predicted octanol–water partition coefficient (Wildman–Crippen LogP) is 2.12. The fourth-order valence-electron chi connectivity index (χ4n) is 1.50. The number of pyridine rings is 1. The standard InChI is InChI=1S/C12H12FN3O/c1-8-6-7-9(16(8)2)12(17)15-11-5-3-4-10(13)14-11/h3-7H,1-2H3,(H,14,15,17). The molecule has 0 aliphatic heterocycles. The summed E-state index contributed by atoms with van der Waals surface area (Å²) in [7, 11) is 1.79. The third-order valence-corrected chi connectivity index (χ3v) is 2.56. The van der Waals surface area contributed by atoms with Crippen LogP contribution in [0.25, 0.3) is 0 Å². The Morgan fingerprint density at radius 1 is 1.35 bits per heavy atom. The van der Waals surface area contributed by atoms with Gasteiger partial charge >= 0.3 is 0 Å². The van der Waals surface area contributed by atoms with E-state index in [1.54, 1.807) is 17.7 Å². The van der Waals surface area contributed by atoms with Crippen LogP contribution >= 0.6 is 0 Å². The number of amides is 1. The van der Waals surface area contributed by atoms with Gasteiger partial charge in [-0.25, -0.2) is 4.98 Å². The van der Waals surface area contributed by atoms with E-state index in [2.05, 4.69) is 10.3 Å². The molecule has 0 saturated heterocycles. The monoisotopic (exact) mass is 233 g/mol. The second-order valence-electron chi connectivity index (χ2n) is 3.72. The molecule has 0 saturated carbocycles. The zero-order chi connectivity index (χ0) is 12.4. The quantitative estimate of drug-likeness (QED) is 0.807. The molecule has 17 heavy (non-hydrogen) atoms. The van der Waals surface area contributed by atoms with Gasteiger partial charge in [0.25, 0.3) is 5.91 Å². The van der Waals surface area contributed by atoms with Gasteiger partial charge in [-0.3, -0.25) is 4.79 Å². The molecule has 2 aromatic rings. The highest BCUT2D eigenvalue weighted by atomic mass is 19.1. The van der Waals surface area contributed by atoms with E-state index in [0.717, 1.165) is 5.69 Å². The predicted molar refractivity (Wildman–Crippen MR) is 62.3 cm³/mol. The lowest BCUT2D eigenvalue weighted by Gasteiger charge is -2.06. The molecule has 0 aromatic carbocycles. The number of rotatable bonds is 2. The fourth-order valence-corrected chi connectivity index (χ4v) is 1.50. The van der Waals surface area contributed by atoms with E-state index >= 15 is 0 Å². The van der Waals surface area contributed by atoms with Gasteiger partial charge in [0, 0.05) is 12.7 Å². The summed E-state index contributed by atoms with van der Waals surface area (Å²) in [4.78, 5) is 15.4. The van der Waals surface area contributed by atoms with Gasteiger partial charge in [0.2, 0.25) is 5.95 Å². The average Bonchev–Trinajstić information content (AvgIpc) is 2.60. The first-order valence-electron chi connectivity index (χ1n) is 5.14. The Kier molecular flexibility index (Phi) is 2.91. The van der Waals surface area contributed by atoms with Gasteiger partial charge in [0.15, 0.2) is 0 Å². The maximum Gasteiger partial charge on any atom is 0.273 e. The van der Waals surface area contributed by atoms with Crippen molar-refractivity contribution in [1.29, 1.82) is 0 Å². The third-order valence-electron chi connectivity index (χ3n) is 2.56. The van der Waals surface area contributed by atoms with E-state index in [1.807, 2.05) is 13.0 Å². The number of anilines is 1. The molecule has 2 rings (SSSR count). The van der Waals surface area contributed by atoms with Crippen molar-refractivity contribution in [3.8, 4) is 0 Å². The van der Waals surface area contributed by atoms with Crippen molar-refractivity contribution in [2.45, 2.75) is 6.92 Å². The molecule has 1 amide bonds. The Hall–Kier alpha value is -2.17. The first kappa shape index (κ1) is 11.3. The van der Waals surface area contributed by atoms with Crippen LogP contribution < -0.4 is 5.32 Å². The number of hydrogen-bond donors (Lipinski definition) is 1. The second-order valence-corrected chi connectivity index (χ2v) is 3.72. The molecule has 2 heterocycles. The van der Waals surface area contributed by atoms with Gasteiger partial charge in [-0.2, -0.15) is 4.39 Å². The summed E-state index contributed by atoms with van der Waals surface area (Å²) in [5, 5.41) is 2.54. The highest BCUT2D eigenvalue weighted by Crippen LogP contribution is 2.09. The van der Waals surface area contributed by atoms with Crippen molar-refractivity contribution < 1.29 is 9.18 Å². The topological polar surface area (TPSA) is 46.9 Å². The number of aryl methyl sites for hydroxylation is 1. The van der Waals surface area contributed by atoms with Gasteiger partial charge in [-0.15, -0.1) is 0 Å². The number of carbonyl (C=O) groups is 1. The SMILES string of the molecule is Cc1ccc(C(=O)Nc2cccc(F)n2)n1C. The molecule has 0 bridgehead atoms. The molecule has 0 unspecified atom stereocenters. The van der Waals surface area contributed by atoms with Crippen molar-refractivity contribution in [3.63, 3.8) is 0 Å². The molecule has 0 aliphatic rings. The second kappa shape index (κ2) is 4.37. The Morgan fingerprint density at radius 2 is 2.12 bits per heavy atom. The molecular weight excluding hydrogens is 221 g/mol. The number of hydrogen-bond acceptors (Lipinski definition) is 2. The summed E-state index contributed by atoms with van der Waals surface area (Å²) < 4.78 is 14.6. The highest BCUT2D eigenvalue weighted by molar-refractivity contribution is 6.02. The van der Waals surface area contributed by atoms with E-state index < -0.39 is 5.95 Å². The van der Waals surface area contributed by atoms with Gasteiger partial charge in [0.05, 0.1) is 0 Å². The van der Waals surface area contributed by atoms with Crippen LogP contribution in [0.4, 0.5) is 10.2 Å². The zero-order valence-corrected chi connectivity index (χ0v) is 9.57. The molecule has 0 aliphatic carbocycles. The number of aromatic nitrogens is 2. The minimum absolute atomic E-state index is 0.203. The maximum absolute atomic E-state index is 12.8. The Bertz CT molecular complexity index is 563. The van der Waals surface area contributed by atoms with E-state index in [0.29, 0.717) is 5.69 Å². The van der Waals surface area contributed by atoms with Crippen LogP contribution in [0.3, 0.4) is 0 Å². The first-order valence-corrected chi connectivity index (χ1v) is 5.14. The van der Waals surface area contributed by atoms with Crippen LogP contribution in [-0.2, 0) is 7.05 Å². The van der Waals surface area contributed by atoms with E-state index in [-0.39, 0.29) is 11.7 Å². The summed E-state index contributed by atoms with van der Waals surface area (Å²) in [5.41, 5.74) is 1.48. The lowest BCUT2D eigenvalue weighted by atomic mass is 10.4. The average molecular weight is 233 g/mol. The molecule has 1 N–H and O–H groups in total. The van der Waals surface area contributed by atoms with Crippen LogP contribution in [0.2, 0.25) is 0 Å². The molecule has 88 valence electrons. The molecular formula is C12H12FN3O. The lowest BCUT2D eigenvalue weighted by Crippen LogP contribution is -2.16. The molecule has 0 radical (unpaired) electrons. The minimum Gasteiger partial charge on any atom is -0.344 e. The van der Waals surface area contributed by atoms with Crippen LogP contribution in [0.1, 0.15) is 16.2 Å². The fraction of sp³-hybridized carbons (Fsp3) is 0.167. The molecule has 0 spiro atoms. The molecule has 4 nitrogen and oxygen atoms in total. The maximum atomic E-state index is 12.8. The molecule has 0 atom stereocenters. The van der Waals surface area contributed by atoms with Crippen LogP contribution in [-0.4, -0.2) is 15.5 Å². The van der Waals surface area contributed by atoms with Crippen molar-refractivity contribution in [1.82, 2.24) is 9.55 Å². The molecule has 2 aromatic heterocycles. The normalized spacial score (nSPS) is 10.3. The number of halogens is 1. The summed E-state index contributed by atoms with van der Waals surface area (Å²) in [6.07, 6.45) is 0. The van der Waals surface area contributed by atoms with Gasteiger partial charge in [0.1, 0.15) is 11.5 Å². The lowest BCUT2D eigenvalue weighted by molar-refractivity contribution is 0.101. The van der Waals surface area contributed by atoms with Crippen LogP contribution in [0, 0.1) is 12.9 Å². The van der Waals surface area contributed by atoms with Crippen molar-refractivity contribution in [2.24, 2.45) is 7.05 Å². The smallest absolute Gasteiger partial charge is 0.273 e. The largest absolute Gasteiger partial charge is 0.344 e. The van der Waals surface area contributed by atoms with Crippen LogP contribution in [0.15, 0.2) is 30.3 Å². The minimum atomic E-state index is -0.620. The summed E-state index contributed by atoms with van der Waals surface area (Å²) in [5.74, 6) is -0.724. The van der Waals surface area contributed by atoms with E-state index in [9.17, 15) is 9.18 Å². The van der Waals surface area contributed by atoms with E-state index in [4.69, 9.17) is 0 Å². The zero-order valence-electron chi connectivity index (χ0n) is 9.57. The number of carbonyl (C=O) groups excluding carboxylic acids is 1. The first-order chi connectivity index (χ1) is 8.08. The number of nitrogens with zero attached hydrogens (tertiary/aromatic N) is 2. The van der Waals surface area contributed by atoms with E-state index in [1.165, 1.54) is 18.2 Å².